The molecule has 0 N–H and O–H groups in total. The third kappa shape index (κ3) is 1.24. The first-order chi connectivity index (χ1) is 8.17. The molecular formula is C13H16N2O2. The summed E-state index contributed by atoms with van der Waals surface area (Å²) in [5.41, 5.74) is 0.104. The highest BCUT2D eigenvalue weighted by Gasteiger charge is 2.48. The first-order valence-corrected chi connectivity index (χ1v) is 6.17. The molecule has 0 saturated heterocycles. The number of hydrogen-bond acceptors (Lipinski definition) is 2. The maximum atomic E-state index is 12.2. The van der Waals surface area contributed by atoms with Gasteiger partial charge in [-0.3, -0.25) is 14.2 Å². The van der Waals surface area contributed by atoms with Gasteiger partial charge in [0.1, 0.15) is 11.4 Å². The van der Waals surface area contributed by atoms with Gasteiger partial charge < -0.3 is 4.90 Å². The zero-order chi connectivity index (χ0) is 12.0. The molecule has 2 aliphatic rings. The van der Waals surface area contributed by atoms with E-state index in [4.69, 9.17) is 0 Å². The van der Waals surface area contributed by atoms with E-state index in [1.807, 2.05) is 7.05 Å². The maximum Gasteiger partial charge on any atom is 0.272 e. The molecule has 0 radical (unpaired) electrons. The van der Waals surface area contributed by atoms with Crippen LogP contribution in [0.2, 0.25) is 0 Å². The summed E-state index contributed by atoms with van der Waals surface area (Å²) >= 11 is 0. The molecule has 4 heteroatoms. The normalized spacial score (nSPS) is 21.9. The third-order valence-corrected chi connectivity index (χ3v) is 4.17. The number of rotatable bonds is 0. The number of fused-ring (bicyclic) bond motifs is 2. The van der Waals surface area contributed by atoms with Gasteiger partial charge in [0, 0.05) is 13.1 Å². The first kappa shape index (κ1) is 10.6. The van der Waals surface area contributed by atoms with Crippen LogP contribution in [0.5, 0.6) is 0 Å². The minimum Gasteiger partial charge on any atom is -0.317 e. The number of nitrogens with zero attached hydrogens (tertiary/aromatic N) is 2. The Morgan fingerprint density at radius 1 is 1.12 bits per heavy atom. The molecule has 1 aliphatic heterocycles. The van der Waals surface area contributed by atoms with Crippen molar-refractivity contribution in [1.82, 2.24) is 9.47 Å². The van der Waals surface area contributed by atoms with Crippen LogP contribution in [0, 0.1) is 0 Å². The Morgan fingerprint density at radius 2 is 1.82 bits per heavy atom. The van der Waals surface area contributed by atoms with Gasteiger partial charge in [0.05, 0.1) is 0 Å². The van der Waals surface area contributed by atoms with Gasteiger partial charge in [-0.1, -0.05) is 12.5 Å². The van der Waals surface area contributed by atoms with E-state index in [1.54, 1.807) is 27.7 Å². The molecule has 1 aromatic heterocycles. The summed E-state index contributed by atoms with van der Waals surface area (Å²) in [6.07, 6.45) is 5.15. The van der Waals surface area contributed by atoms with Crippen molar-refractivity contribution >= 4 is 5.91 Å². The molecule has 2 heterocycles. The van der Waals surface area contributed by atoms with E-state index in [0.717, 1.165) is 25.7 Å². The summed E-state index contributed by atoms with van der Waals surface area (Å²) in [6, 6.07) is 4.97. The Morgan fingerprint density at radius 3 is 2.53 bits per heavy atom. The van der Waals surface area contributed by atoms with Crippen molar-refractivity contribution in [3.63, 3.8) is 0 Å². The Kier molecular flexibility index (Phi) is 2.15. The molecule has 1 saturated carbocycles. The quantitative estimate of drug-likeness (QED) is 0.681. The second kappa shape index (κ2) is 3.45. The molecular weight excluding hydrogens is 216 g/mol. The fourth-order valence-corrected chi connectivity index (χ4v) is 3.27. The van der Waals surface area contributed by atoms with Crippen molar-refractivity contribution in [2.75, 3.05) is 7.05 Å². The van der Waals surface area contributed by atoms with Crippen molar-refractivity contribution in [3.8, 4) is 0 Å². The summed E-state index contributed by atoms with van der Waals surface area (Å²) in [5.74, 6) is -0.0235. The summed E-state index contributed by atoms with van der Waals surface area (Å²) in [7, 11) is 1.82. The molecule has 1 fully saturated rings. The molecule has 17 heavy (non-hydrogen) atoms. The van der Waals surface area contributed by atoms with E-state index in [9.17, 15) is 9.59 Å². The third-order valence-electron chi connectivity index (χ3n) is 4.17. The number of carbonyl (C=O) groups excluding carboxylic acids is 1. The van der Waals surface area contributed by atoms with Gasteiger partial charge in [-0.2, -0.15) is 0 Å². The van der Waals surface area contributed by atoms with E-state index in [-0.39, 0.29) is 17.1 Å². The second-order valence-corrected chi connectivity index (χ2v) is 4.99. The number of carbonyl (C=O) groups is 1. The lowest BCUT2D eigenvalue weighted by Gasteiger charge is -2.40. The smallest absolute Gasteiger partial charge is 0.272 e. The predicted molar refractivity (Wildman–Crippen MR) is 63.9 cm³/mol. The summed E-state index contributed by atoms with van der Waals surface area (Å²) in [5, 5.41) is 0. The van der Waals surface area contributed by atoms with Crippen molar-refractivity contribution in [1.29, 1.82) is 0 Å². The van der Waals surface area contributed by atoms with Crippen LogP contribution in [0.1, 0.15) is 42.6 Å². The predicted octanol–water partition coefficient (Wildman–Crippen LogP) is 1.55. The Bertz CT molecular complexity index is 526. The molecule has 0 aromatic carbocycles. The molecule has 0 atom stereocenters. The van der Waals surface area contributed by atoms with Gasteiger partial charge in [-0.05, 0) is 31.7 Å². The van der Waals surface area contributed by atoms with Crippen LogP contribution in [-0.2, 0) is 5.66 Å². The van der Waals surface area contributed by atoms with Crippen LogP contribution in [0.25, 0.3) is 0 Å². The largest absolute Gasteiger partial charge is 0.317 e. The Hall–Kier alpha value is -1.58. The fourth-order valence-electron chi connectivity index (χ4n) is 3.27. The monoisotopic (exact) mass is 232 g/mol. The van der Waals surface area contributed by atoms with Crippen LogP contribution in [0.4, 0.5) is 0 Å². The van der Waals surface area contributed by atoms with Crippen LogP contribution in [0.3, 0.4) is 0 Å². The SMILES string of the molecule is CN1C(=O)c2cccc(=O)n2C12CCCCC2. The molecule has 1 aliphatic carbocycles. The average molecular weight is 232 g/mol. The minimum absolute atomic E-state index is 0.0235. The lowest BCUT2D eigenvalue weighted by molar-refractivity contribution is 0.0272. The summed E-state index contributed by atoms with van der Waals surface area (Å²) in [6.45, 7) is 0. The molecule has 4 nitrogen and oxygen atoms in total. The highest BCUT2D eigenvalue weighted by atomic mass is 16.2. The topological polar surface area (TPSA) is 42.3 Å². The van der Waals surface area contributed by atoms with Crippen LogP contribution in [-0.4, -0.2) is 22.4 Å². The zero-order valence-electron chi connectivity index (χ0n) is 9.98. The number of amides is 1. The minimum atomic E-state index is -0.386. The Labute approximate surface area is 99.9 Å². The molecule has 1 spiro atoms. The number of aromatic nitrogens is 1. The van der Waals surface area contributed by atoms with Gasteiger partial charge in [-0.15, -0.1) is 0 Å². The Balaban J connectivity index is 2.25. The van der Waals surface area contributed by atoms with E-state index < -0.39 is 0 Å². The molecule has 3 rings (SSSR count). The molecule has 0 bridgehead atoms. The van der Waals surface area contributed by atoms with Gasteiger partial charge in [-0.25, -0.2) is 0 Å². The zero-order valence-corrected chi connectivity index (χ0v) is 9.98. The van der Waals surface area contributed by atoms with Crippen molar-refractivity contribution in [3.05, 3.63) is 34.2 Å². The van der Waals surface area contributed by atoms with E-state index in [0.29, 0.717) is 5.69 Å². The van der Waals surface area contributed by atoms with Gasteiger partial charge in [0.25, 0.3) is 11.5 Å². The molecule has 1 aromatic rings. The molecule has 90 valence electrons. The lowest BCUT2D eigenvalue weighted by atomic mass is 9.88. The second-order valence-electron chi connectivity index (χ2n) is 4.99. The number of pyridine rings is 1. The number of hydrogen-bond donors (Lipinski definition) is 0. The van der Waals surface area contributed by atoms with Gasteiger partial charge in [0.15, 0.2) is 0 Å². The van der Waals surface area contributed by atoms with E-state index in [1.165, 1.54) is 6.42 Å². The van der Waals surface area contributed by atoms with E-state index >= 15 is 0 Å². The average Bonchev–Trinajstić information content (AvgIpc) is 2.55. The van der Waals surface area contributed by atoms with Gasteiger partial charge >= 0.3 is 0 Å². The first-order valence-electron chi connectivity index (χ1n) is 6.17. The van der Waals surface area contributed by atoms with Crippen molar-refractivity contribution in [2.24, 2.45) is 0 Å². The maximum absolute atomic E-state index is 12.2. The fraction of sp³-hybridized carbons (Fsp3) is 0.538. The lowest BCUT2D eigenvalue weighted by Crippen LogP contribution is -2.49. The van der Waals surface area contributed by atoms with Crippen molar-refractivity contribution < 1.29 is 4.79 Å². The molecule has 0 unspecified atom stereocenters. The van der Waals surface area contributed by atoms with Crippen molar-refractivity contribution in [2.45, 2.75) is 37.8 Å². The van der Waals surface area contributed by atoms with E-state index in [2.05, 4.69) is 0 Å². The highest BCUT2D eigenvalue weighted by molar-refractivity contribution is 5.95. The summed E-state index contributed by atoms with van der Waals surface area (Å²) in [4.78, 5) is 26.0. The highest BCUT2D eigenvalue weighted by Crippen LogP contribution is 2.41. The van der Waals surface area contributed by atoms with Gasteiger partial charge in [0.2, 0.25) is 0 Å². The van der Waals surface area contributed by atoms with Crippen LogP contribution in [0.15, 0.2) is 23.0 Å². The standard InChI is InChI=1S/C13H16N2O2/c1-14-12(17)10-6-5-7-11(16)15(10)13(14)8-3-2-4-9-13/h5-7H,2-4,8-9H2,1H3. The summed E-state index contributed by atoms with van der Waals surface area (Å²) < 4.78 is 1.72. The molecule has 1 amide bonds. The van der Waals surface area contributed by atoms with Crippen LogP contribution >= 0.6 is 0 Å². The van der Waals surface area contributed by atoms with Crippen LogP contribution < -0.4 is 5.56 Å².